The van der Waals surface area contributed by atoms with Crippen LogP contribution in [0.1, 0.15) is 27.2 Å². The molecule has 3 nitrogen and oxygen atoms in total. The summed E-state index contributed by atoms with van der Waals surface area (Å²) in [5.41, 5.74) is 0. The van der Waals surface area contributed by atoms with Gasteiger partial charge in [-0.05, 0) is 39.0 Å². The Labute approximate surface area is 136 Å². The van der Waals surface area contributed by atoms with E-state index in [4.69, 9.17) is 34.8 Å². The third kappa shape index (κ3) is 4.96. The minimum absolute atomic E-state index is 0.299. The van der Waals surface area contributed by atoms with Gasteiger partial charge >= 0.3 is 0 Å². The summed E-state index contributed by atoms with van der Waals surface area (Å²) in [5, 5.41) is 1.23. The van der Waals surface area contributed by atoms with E-state index in [9.17, 15) is 0 Å². The fourth-order valence-electron chi connectivity index (χ4n) is 2.10. The van der Waals surface area contributed by atoms with Crippen molar-refractivity contribution in [3.05, 3.63) is 21.3 Å². The molecule has 0 aliphatic heterocycles. The van der Waals surface area contributed by atoms with Gasteiger partial charge in [-0.3, -0.25) is 0 Å². The zero-order valence-corrected chi connectivity index (χ0v) is 14.6. The van der Waals surface area contributed by atoms with Gasteiger partial charge in [0.1, 0.15) is 11.0 Å². The first-order chi connectivity index (χ1) is 9.53. The summed E-state index contributed by atoms with van der Waals surface area (Å²) in [6.07, 6.45) is 1.06. The van der Waals surface area contributed by atoms with Crippen LogP contribution in [0.5, 0.6) is 0 Å². The van der Waals surface area contributed by atoms with Crippen LogP contribution in [0.15, 0.2) is 6.07 Å². The summed E-state index contributed by atoms with van der Waals surface area (Å²) in [6.45, 7) is 11.4. The molecule has 0 fully saturated rings. The van der Waals surface area contributed by atoms with Gasteiger partial charge in [0.2, 0.25) is 0 Å². The summed E-state index contributed by atoms with van der Waals surface area (Å²) < 4.78 is 0. The zero-order valence-electron chi connectivity index (χ0n) is 12.3. The van der Waals surface area contributed by atoms with Gasteiger partial charge in [0, 0.05) is 13.1 Å². The van der Waals surface area contributed by atoms with Crippen molar-refractivity contribution in [2.45, 2.75) is 27.2 Å². The molecule has 0 bridgehead atoms. The smallest absolute Gasteiger partial charge is 0.150 e. The van der Waals surface area contributed by atoms with Crippen LogP contribution in [-0.4, -0.2) is 42.6 Å². The van der Waals surface area contributed by atoms with Crippen LogP contribution in [-0.2, 0) is 0 Å². The van der Waals surface area contributed by atoms with Crippen molar-refractivity contribution in [2.75, 3.05) is 37.6 Å². The van der Waals surface area contributed by atoms with E-state index < -0.39 is 0 Å². The first-order valence-electron chi connectivity index (χ1n) is 7.02. The van der Waals surface area contributed by atoms with Crippen molar-refractivity contribution in [3.8, 4) is 0 Å². The topological polar surface area (TPSA) is 19.4 Å². The summed E-state index contributed by atoms with van der Waals surface area (Å²) >= 11 is 18.1. The van der Waals surface area contributed by atoms with E-state index in [0.29, 0.717) is 21.0 Å². The number of aromatic nitrogens is 1. The molecule has 0 aliphatic carbocycles. The lowest BCUT2D eigenvalue weighted by molar-refractivity contribution is 0.300. The summed E-state index contributed by atoms with van der Waals surface area (Å²) in [7, 11) is 0. The van der Waals surface area contributed by atoms with Gasteiger partial charge in [-0.1, -0.05) is 48.7 Å². The third-order valence-electron chi connectivity index (χ3n) is 3.35. The largest absolute Gasteiger partial charge is 0.356 e. The van der Waals surface area contributed by atoms with E-state index in [1.54, 1.807) is 6.07 Å². The average molecular weight is 339 g/mol. The monoisotopic (exact) mass is 337 g/mol. The van der Waals surface area contributed by atoms with Crippen LogP contribution in [0.4, 0.5) is 5.82 Å². The van der Waals surface area contributed by atoms with Gasteiger partial charge in [0.05, 0.1) is 10.0 Å². The van der Waals surface area contributed by atoms with E-state index in [-0.39, 0.29) is 0 Å². The Hall–Kier alpha value is -0.220. The Bertz CT molecular complexity index is 422. The van der Waals surface area contributed by atoms with Gasteiger partial charge in [0.15, 0.2) is 0 Å². The predicted molar refractivity (Wildman–Crippen MR) is 89.6 cm³/mol. The minimum atomic E-state index is 0.299. The van der Waals surface area contributed by atoms with Gasteiger partial charge in [-0.2, -0.15) is 0 Å². The van der Waals surface area contributed by atoms with Gasteiger partial charge in [-0.25, -0.2) is 4.98 Å². The normalized spacial score (nSPS) is 11.2. The van der Waals surface area contributed by atoms with E-state index in [1.165, 1.54) is 0 Å². The number of rotatable bonds is 8. The van der Waals surface area contributed by atoms with Crippen molar-refractivity contribution in [3.63, 3.8) is 0 Å². The molecule has 0 spiro atoms. The summed E-state index contributed by atoms with van der Waals surface area (Å²) in [4.78, 5) is 8.83. The molecular formula is C14H22Cl3N3. The SMILES string of the molecule is CCN(CC)CCCN(CC)c1nc(Cl)c(Cl)cc1Cl. The first kappa shape index (κ1) is 17.8. The molecule has 0 aliphatic rings. The maximum absolute atomic E-state index is 6.21. The Morgan fingerprint density at radius 2 is 1.60 bits per heavy atom. The van der Waals surface area contributed by atoms with Crippen LogP contribution in [0.3, 0.4) is 0 Å². The number of halogens is 3. The van der Waals surface area contributed by atoms with E-state index in [1.807, 2.05) is 0 Å². The highest BCUT2D eigenvalue weighted by atomic mass is 35.5. The highest BCUT2D eigenvalue weighted by Crippen LogP contribution is 2.31. The Balaban J connectivity index is 2.69. The van der Waals surface area contributed by atoms with Crippen LogP contribution in [0, 0.1) is 0 Å². The van der Waals surface area contributed by atoms with E-state index in [0.717, 1.165) is 39.1 Å². The lowest BCUT2D eigenvalue weighted by atomic mass is 10.3. The molecule has 1 rings (SSSR count). The fourth-order valence-corrected chi connectivity index (χ4v) is 2.71. The molecule has 0 amide bonds. The molecule has 6 heteroatoms. The Morgan fingerprint density at radius 3 is 2.15 bits per heavy atom. The van der Waals surface area contributed by atoms with Crippen molar-refractivity contribution < 1.29 is 0 Å². The lowest BCUT2D eigenvalue weighted by Crippen LogP contribution is -2.30. The lowest BCUT2D eigenvalue weighted by Gasteiger charge is -2.25. The number of hydrogen-bond donors (Lipinski definition) is 0. The second-order valence-corrected chi connectivity index (χ2v) is 5.70. The van der Waals surface area contributed by atoms with Crippen LogP contribution < -0.4 is 4.90 Å². The molecule has 20 heavy (non-hydrogen) atoms. The Kier molecular flexibility index (Phi) is 7.96. The second-order valence-electron chi connectivity index (χ2n) is 4.53. The fraction of sp³-hybridized carbons (Fsp3) is 0.643. The molecule has 0 unspecified atom stereocenters. The molecule has 1 aromatic heterocycles. The van der Waals surface area contributed by atoms with Crippen LogP contribution in [0.25, 0.3) is 0 Å². The summed E-state index contributed by atoms with van der Waals surface area (Å²) in [6, 6.07) is 1.65. The van der Waals surface area contributed by atoms with Crippen LogP contribution in [0.2, 0.25) is 15.2 Å². The number of pyridine rings is 1. The van der Waals surface area contributed by atoms with Gasteiger partial charge < -0.3 is 9.80 Å². The molecule has 0 atom stereocenters. The molecule has 0 aromatic carbocycles. The zero-order chi connectivity index (χ0) is 15.1. The summed E-state index contributed by atoms with van der Waals surface area (Å²) in [5.74, 6) is 0.711. The predicted octanol–water partition coefficient (Wildman–Crippen LogP) is 4.60. The maximum atomic E-state index is 6.21. The van der Waals surface area contributed by atoms with Crippen molar-refractivity contribution >= 4 is 40.6 Å². The molecule has 1 aromatic rings. The van der Waals surface area contributed by atoms with Crippen LogP contribution >= 0.6 is 34.8 Å². The van der Waals surface area contributed by atoms with Crippen molar-refractivity contribution in [1.82, 2.24) is 9.88 Å². The highest BCUT2D eigenvalue weighted by Gasteiger charge is 2.14. The molecule has 0 N–H and O–H groups in total. The standard InChI is InChI=1S/C14H22Cl3N3/c1-4-19(5-2)8-7-9-20(6-3)14-12(16)10-11(15)13(17)18-14/h10H,4-9H2,1-3H3. The number of hydrogen-bond acceptors (Lipinski definition) is 3. The van der Waals surface area contributed by atoms with Gasteiger partial charge in [0.25, 0.3) is 0 Å². The Morgan fingerprint density at radius 1 is 0.950 bits per heavy atom. The molecule has 0 saturated heterocycles. The number of nitrogens with zero attached hydrogens (tertiary/aromatic N) is 3. The van der Waals surface area contributed by atoms with E-state index in [2.05, 4.69) is 35.6 Å². The first-order valence-corrected chi connectivity index (χ1v) is 8.15. The third-order valence-corrected chi connectivity index (χ3v) is 4.30. The quantitative estimate of drug-likeness (QED) is 0.646. The maximum Gasteiger partial charge on any atom is 0.150 e. The molecule has 114 valence electrons. The molecule has 1 heterocycles. The van der Waals surface area contributed by atoms with Crippen molar-refractivity contribution in [1.29, 1.82) is 0 Å². The molecule has 0 saturated carbocycles. The highest BCUT2D eigenvalue weighted by molar-refractivity contribution is 6.42. The molecule has 0 radical (unpaired) electrons. The molecular weight excluding hydrogens is 317 g/mol. The van der Waals surface area contributed by atoms with Gasteiger partial charge in [-0.15, -0.1) is 0 Å². The second kappa shape index (κ2) is 8.93. The minimum Gasteiger partial charge on any atom is -0.356 e. The average Bonchev–Trinajstić information content (AvgIpc) is 2.44. The number of anilines is 1. The van der Waals surface area contributed by atoms with Crippen molar-refractivity contribution in [2.24, 2.45) is 0 Å². The van der Waals surface area contributed by atoms with E-state index >= 15 is 0 Å².